The second kappa shape index (κ2) is 5.17. The Kier molecular flexibility index (Phi) is 3.22. The Bertz CT molecular complexity index is 532. The van der Waals surface area contributed by atoms with E-state index in [0.717, 1.165) is 11.1 Å². The quantitative estimate of drug-likeness (QED) is 0.741. The summed E-state index contributed by atoms with van der Waals surface area (Å²) in [6.45, 7) is 0.494. The molecule has 1 heterocycles. The van der Waals surface area contributed by atoms with Gasteiger partial charge in [0.1, 0.15) is 12.7 Å². The van der Waals surface area contributed by atoms with Crippen LogP contribution < -0.4 is 0 Å². The van der Waals surface area contributed by atoms with Crippen molar-refractivity contribution in [2.75, 3.05) is 6.61 Å². The van der Waals surface area contributed by atoms with E-state index >= 15 is 0 Å². The molecular weight excluding hydrogens is 224 g/mol. The average Bonchev–Trinajstić information content (AvgIpc) is 2.49. The lowest BCUT2D eigenvalue weighted by atomic mass is 9.94. The van der Waals surface area contributed by atoms with Crippen LogP contribution in [-0.2, 0) is 9.78 Å². The molecule has 2 aromatic rings. The first-order valence-electron chi connectivity index (χ1n) is 6.04. The first kappa shape index (κ1) is 11.2. The fourth-order valence-corrected chi connectivity index (χ4v) is 2.15. The van der Waals surface area contributed by atoms with Gasteiger partial charge in [0.2, 0.25) is 0 Å². The molecule has 2 nitrogen and oxygen atoms in total. The zero-order valence-corrected chi connectivity index (χ0v) is 9.95. The van der Waals surface area contributed by atoms with Crippen LogP contribution in [0.3, 0.4) is 0 Å². The SMILES string of the molecule is C1=C(c2ccccc2)C(c2ccccc2)OOC1. The molecule has 2 aromatic carbocycles. The van der Waals surface area contributed by atoms with E-state index in [1.54, 1.807) is 0 Å². The summed E-state index contributed by atoms with van der Waals surface area (Å²) in [6.07, 6.45) is 1.93. The van der Waals surface area contributed by atoms with Crippen molar-refractivity contribution in [1.29, 1.82) is 0 Å². The molecule has 1 aliphatic heterocycles. The predicted molar refractivity (Wildman–Crippen MR) is 70.6 cm³/mol. The van der Waals surface area contributed by atoms with Gasteiger partial charge in [-0.05, 0) is 22.8 Å². The second-order valence-electron chi connectivity index (χ2n) is 4.20. The molecule has 90 valence electrons. The molecule has 0 saturated carbocycles. The standard InChI is InChI=1S/C16H14O2/c1-3-7-13(8-4-1)15-11-12-17-18-16(15)14-9-5-2-6-10-14/h1-11,16H,12H2. The Morgan fingerprint density at radius 1 is 0.833 bits per heavy atom. The minimum absolute atomic E-state index is 0.151. The molecule has 0 amide bonds. The van der Waals surface area contributed by atoms with E-state index in [2.05, 4.69) is 30.3 Å². The highest BCUT2D eigenvalue weighted by Gasteiger charge is 2.22. The molecular formula is C16H14O2. The molecule has 0 saturated heterocycles. The zero-order chi connectivity index (χ0) is 12.2. The lowest BCUT2D eigenvalue weighted by Crippen LogP contribution is -2.13. The Balaban J connectivity index is 1.99. The number of hydrogen-bond acceptors (Lipinski definition) is 2. The van der Waals surface area contributed by atoms with Gasteiger partial charge in [0.05, 0.1) is 0 Å². The fraction of sp³-hybridized carbons (Fsp3) is 0.125. The Hall–Kier alpha value is -1.90. The first-order valence-corrected chi connectivity index (χ1v) is 6.04. The van der Waals surface area contributed by atoms with E-state index in [9.17, 15) is 0 Å². The Morgan fingerprint density at radius 2 is 1.50 bits per heavy atom. The molecule has 2 heteroatoms. The Labute approximate surface area is 106 Å². The summed E-state index contributed by atoms with van der Waals surface area (Å²) in [5.74, 6) is 0. The molecule has 1 atom stereocenters. The van der Waals surface area contributed by atoms with Crippen molar-refractivity contribution in [2.45, 2.75) is 6.10 Å². The Morgan fingerprint density at radius 3 is 2.22 bits per heavy atom. The van der Waals surface area contributed by atoms with E-state index in [0.29, 0.717) is 6.61 Å². The second-order valence-corrected chi connectivity index (χ2v) is 4.20. The maximum Gasteiger partial charge on any atom is 0.143 e. The van der Waals surface area contributed by atoms with Gasteiger partial charge in [-0.3, -0.25) is 0 Å². The van der Waals surface area contributed by atoms with Crippen LogP contribution in [0, 0.1) is 0 Å². The lowest BCUT2D eigenvalue weighted by molar-refractivity contribution is -0.312. The third kappa shape index (κ3) is 2.21. The zero-order valence-electron chi connectivity index (χ0n) is 9.95. The van der Waals surface area contributed by atoms with Gasteiger partial charge in [-0.2, -0.15) is 0 Å². The van der Waals surface area contributed by atoms with Crippen LogP contribution in [0.15, 0.2) is 66.7 Å². The average molecular weight is 238 g/mol. The lowest BCUT2D eigenvalue weighted by Gasteiger charge is -2.24. The van der Waals surface area contributed by atoms with Gasteiger partial charge >= 0.3 is 0 Å². The third-order valence-electron chi connectivity index (χ3n) is 3.03. The highest BCUT2D eigenvalue weighted by Crippen LogP contribution is 2.35. The minimum atomic E-state index is -0.151. The van der Waals surface area contributed by atoms with E-state index in [1.165, 1.54) is 5.56 Å². The van der Waals surface area contributed by atoms with Gasteiger partial charge in [0.25, 0.3) is 0 Å². The topological polar surface area (TPSA) is 18.5 Å². The molecule has 0 bridgehead atoms. The van der Waals surface area contributed by atoms with Crippen LogP contribution in [0.25, 0.3) is 5.57 Å². The summed E-state index contributed by atoms with van der Waals surface area (Å²) >= 11 is 0. The molecule has 0 N–H and O–H groups in total. The van der Waals surface area contributed by atoms with E-state index in [1.807, 2.05) is 36.4 Å². The van der Waals surface area contributed by atoms with Crippen molar-refractivity contribution in [1.82, 2.24) is 0 Å². The summed E-state index contributed by atoms with van der Waals surface area (Å²) in [5, 5.41) is 0. The third-order valence-corrected chi connectivity index (χ3v) is 3.03. The molecule has 0 aliphatic carbocycles. The summed E-state index contributed by atoms with van der Waals surface area (Å²) in [5.41, 5.74) is 3.44. The van der Waals surface area contributed by atoms with Crippen molar-refractivity contribution < 1.29 is 9.78 Å². The van der Waals surface area contributed by atoms with Gasteiger partial charge in [0.15, 0.2) is 0 Å². The van der Waals surface area contributed by atoms with Crippen LogP contribution in [0.2, 0.25) is 0 Å². The number of rotatable bonds is 2. The van der Waals surface area contributed by atoms with Crippen LogP contribution in [0.4, 0.5) is 0 Å². The summed E-state index contributed by atoms with van der Waals surface area (Å²) < 4.78 is 0. The molecule has 0 aromatic heterocycles. The summed E-state index contributed by atoms with van der Waals surface area (Å²) in [7, 11) is 0. The van der Waals surface area contributed by atoms with Crippen LogP contribution in [-0.4, -0.2) is 6.61 Å². The normalized spacial score (nSPS) is 19.3. The van der Waals surface area contributed by atoms with Crippen molar-refractivity contribution in [3.05, 3.63) is 77.9 Å². The highest BCUT2D eigenvalue weighted by atomic mass is 17.2. The van der Waals surface area contributed by atoms with Gasteiger partial charge < -0.3 is 0 Å². The molecule has 1 unspecified atom stereocenters. The molecule has 0 spiro atoms. The van der Waals surface area contributed by atoms with E-state index in [-0.39, 0.29) is 6.10 Å². The molecule has 3 rings (SSSR count). The van der Waals surface area contributed by atoms with Crippen molar-refractivity contribution >= 4 is 5.57 Å². The highest BCUT2D eigenvalue weighted by molar-refractivity contribution is 5.70. The van der Waals surface area contributed by atoms with E-state index < -0.39 is 0 Å². The smallest absolute Gasteiger partial charge is 0.143 e. The number of benzene rings is 2. The summed E-state index contributed by atoms with van der Waals surface area (Å²) in [4.78, 5) is 10.6. The van der Waals surface area contributed by atoms with Gasteiger partial charge in [-0.1, -0.05) is 60.7 Å². The van der Waals surface area contributed by atoms with Gasteiger partial charge in [-0.15, -0.1) is 0 Å². The van der Waals surface area contributed by atoms with Gasteiger partial charge in [-0.25, -0.2) is 9.78 Å². The van der Waals surface area contributed by atoms with Crippen molar-refractivity contribution in [3.8, 4) is 0 Å². The fourth-order valence-electron chi connectivity index (χ4n) is 2.15. The number of hydrogen-bond donors (Lipinski definition) is 0. The molecule has 1 aliphatic rings. The maximum absolute atomic E-state index is 5.46. The summed E-state index contributed by atoms with van der Waals surface area (Å²) in [6, 6.07) is 20.4. The van der Waals surface area contributed by atoms with Gasteiger partial charge in [0, 0.05) is 0 Å². The molecule has 0 fully saturated rings. The van der Waals surface area contributed by atoms with Crippen molar-refractivity contribution in [2.24, 2.45) is 0 Å². The first-order chi connectivity index (χ1) is 8.95. The van der Waals surface area contributed by atoms with Crippen LogP contribution in [0.5, 0.6) is 0 Å². The molecule has 18 heavy (non-hydrogen) atoms. The van der Waals surface area contributed by atoms with E-state index in [4.69, 9.17) is 9.78 Å². The maximum atomic E-state index is 5.46. The monoisotopic (exact) mass is 238 g/mol. The van der Waals surface area contributed by atoms with Crippen LogP contribution >= 0.6 is 0 Å². The molecule has 0 radical (unpaired) electrons. The van der Waals surface area contributed by atoms with Crippen LogP contribution in [0.1, 0.15) is 17.2 Å². The van der Waals surface area contributed by atoms with Crippen molar-refractivity contribution in [3.63, 3.8) is 0 Å². The minimum Gasteiger partial charge on any atom is -0.232 e. The largest absolute Gasteiger partial charge is 0.232 e. The predicted octanol–water partition coefficient (Wildman–Crippen LogP) is 3.77.